The Bertz CT molecular complexity index is 532. The molecule has 1 amide bonds. The van der Waals surface area contributed by atoms with Crippen LogP contribution in [0.1, 0.15) is 25.8 Å². The van der Waals surface area contributed by atoms with Gasteiger partial charge in [-0.05, 0) is 30.2 Å². The van der Waals surface area contributed by atoms with Crippen LogP contribution in [0.25, 0.3) is 0 Å². The maximum atomic E-state index is 11.8. The lowest BCUT2D eigenvalue weighted by atomic mass is 10.0. The van der Waals surface area contributed by atoms with E-state index in [1.807, 2.05) is 19.9 Å². The molecule has 0 aromatic heterocycles. The fraction of sp³-hybridized carbons (Fsp3) is 0.400. The molecule has 21 heavy (non-hydrogen) atoms. The van der Waals surface area contributed by atoms with Crippen molar-refractivity contribution in [1.82, 2.24) is 5.32 Å². The predicted molar refractivity (Wildman–Crippen MR) is 75.7 cm³/mol. The Kier molecular flexibility index (Phi) is 6.21. The minimum absolute atomic E-state index is 0.0139. The molecule has 0 fully saturated rings. The molecule has 1 atom stereocenters. The summed E-state index contributed by atoms with van der Waals surface area (Å²) in [6.45, 7) is 3.49. The summed E-state index contributed by atoms with van der Waals surface area (Å²) >= 11 is 0. The zero-order valence-electron chi connectivity index (χ0n) is 12.0. The van der Waals surface area contributed by atoms with Gasteiger partial charge < -0.3 is 15.2 Å². The van der Waals surface area contributed by atoms with Crippen molar-refractivity contribution in [1.29, 1.82) is 5.26 Å². The van der Waals surface area contributed by atoms with Crippen LogP contribution in [0.3, 0.4) is 0 Å². The van der Waals surface area contributed by atoms with Crippen LogP contribution in [-0.4, -0.2) is 29.6 Å². The van der Waals surface area contributed by atoms with Gasteiger partial charge in [0, 0.05) is 6.04 Å². The fourth-order valence-electron chi connectivity index (χ4n) is 1.66. The smallest absolute Gasteiger partial charge is 0.305 e. The number of benzene rings is 1. The average Bonchev–Trinajstić information content (AvgIpc) is 2.44. The second kappa shape index (κ2) is 7.90. The van der Waals surface area contributed by atoms with Gasteiger partial charge in [-0.25, -0.2) is 0 Å². The molecule has 1 rings (SSSR count). The lowest BCUT2D eigenvalue weighted by Crippen LogP contribution is -2.42. The van der Waals surface area contributed by atoms with E-state index in [0.717, 1.165) is 0 Å². The van der Waals surface area contributed by atoms with E-state index in [-0.39, 0.29) is 24.9 Å². The summed E-state index contributed by atoms with van der Waals surface area (Å²) in [4.78, 5) is 22.5. The summed E-state index contributed by atoms with van der Waals surface area (Å²) in [5.74, 6) is -0.843. The van der Waals surface area contributed by atoms with E-state index in [4.69, 9.17) is 15.1 Å². The monoisotopic (exact) mass is 290 g/mol. The topological polar surface area (TPSA) is 99.4 Å². The third-order valence-electron chi connectivity index (χ3n) is 2.90. The summed E-state index contributed by atoms with van der Waals surface area (Å²) < 4.78 is 5.28. The van der Waals surface area contributed by atoms with Crippen LogP contribution in [0.15, 0.2) is 24.3 Å². The summed E-state index contributed by atoms with van der Waals surface area (Å²) in [6, 6.07) is 7.94. The van der Waals surface area contributed by atoms with Crippen molar-refractivity contribution in [3.05, 3.63) is 29.8 Å². The maximum absolute atomic E-state index is 11.8. The number of hydrogen-bond acceptors (Lipinski definition) is 4. The summed E-state index contributed by atoms with van der Waals surface area (Å²) in [7, 11) is 0. The van der Waals surface area contributed by atoms with Crippen LogP contribution in [0.5, 0.6) is 5.75 Å². The average molecular weight is 290 g/mol. The van der Waals surface area contributed by atoms with Gasteiger partial charge >= 0.3 is 5.97 Å². The van der Waals surface area contributed by atoms with Gasteiger partial charge in [0.05, 0.1) is 18.1 Å². The zero-order chi connectivity index (χ0) is 15.8. The molecule has 0 radical (unpaired) electrons. The Morgan fingerprint density at radius 2 is 1.95 bits per heavy atom. The van der Waals surface area contributed by atoms with Crippen LogP contribution in [-0.2, 0) is 9.59 Å². The molecule has 0 aliphatic heterocycles. The first kappa shape index (κ1) is 16.5. The van der Waals surface area contributed by atoms with E-state index in [0.29, 0.717) is 11.3 Å². The van der Waals surface area contributed by atoms with Gasteiger partial charge in [0.2, 0.25) is 0 Å². The van der Waals surface area contributed by atoms with E-state index < -0.39 is 12.0 Å². The summed E-state index contributed by atoms with van der Waals surface area (Å²) in [5, 5.41) is 20.1. The third-order valence-corrected chi connectivity index (χ3v) is 2.90. The second-order valence-corrected chi connectivity index (χ2v) is 4.94. The Morgan fingerprint density at radius 3 is 2.43 bits per heavy atom. The van der Waals surface area contributed by atoms with Gasteiger partial charge in [-0.1, -0.05) is 13.8 Å². The number of amides is 1. The second-order valence-electron chi connectivity index (χ2n) is 4.94. The normalized spacial score (nSPS) is 11.5. The SMILES string of the molecule is CC(C)C(CC(=O)O)NC(=O)COc1ccc(C#N)cc1. The maximum Gasteiger partial charge on any atom is 0.305 e. The molecule has 0 heterocycles. The molecule has 6 heteroatoms. The van der Waals surface area contributed by atoms with Crippen molar-refractivity contribution < 1.29 is 19.4 Å². The number of nitrogens with zero attached hydrogens (tertiary/aromatic N) is 1. The first-order valence-electron chi connectivity index (χ1n) is 6.56. The standard InChI is InChI=1S/C15H18N2O4/c1-10(2)13(7-15(19)20)17-14(18)9-21-12-5-3-11(8-16)4-6-12/h3-6,10,13H,7,9H2,1-2H3,(H,17,18)(H,19,20). The van der Waals surface area contributed by atoms with E-state index >= 15 is 0 Å². The van der Waals surface area contributed by atoms with Gasteiger partial charge in [0.15, 0.2) is 6.61 Å². The molecule has 1 aromatic carbocycles. The lowest BCUT2D eigenvalue weighted by Gasteiger charge is -2.20. The first-order chi connectivity index (χ1) is 9.92. The Morgan fingerprint density at radius 1 is 1.33 bits per heavy atom. The quantitative estimate of drug-likeness (QED) is 0.793. The van der Waals surface area contributed by atoms with Crippen molar-refractivity contribution in [2.45, 2.75) is 26.3 Å². The largest absolute Gasteiger partial charge is 0.484 e. The molecule has 0 saturated carbocycles. The third kappa shape index (κ3) is 5.95. The first-order valence-corrected chi connectivity index (χ1v) is 6.56. The molecule has 0 aliphatic rings. The van der Waals surface area contributed by atoms with Crippen LogP contribution in [0, 0.1) is 17.2 Å². The van der Waals surface area contributed by atoms with Crippen molar-refractivity contribution in [2.24, 2.45) is 5.92 Å². The number of nitriles is 1. The molecule has 1 unspecified atom stereocenters. The number of carbonyl (C=O) groups is 2. The summed E-state index contributed by atoms with van der Waals surface area (Å²) in [5.41, 5.74) is 0.508. The lowest BCUT2D eigenvalue weighted by molar-refractivity contribution is -0.138. The van der Waals surface area contributed by atoms with Crippen LogP contribution in [0.2, 0.25) is 0 Å². The molecule has 0 saturated heterocycles. The van der Waals surface area contributed by atoms with E-state index in [2.05, 4.69) is 5.32 Å². The molecule has 0 bridgehead atoms. The van der Waals surface area contributed by atoms with Gasteiger partial charge in [0.25, 0.3) is 5.91 Å². The van der Waals surface area contributed by atoms with Gasteiger partial charge in [-0.15, -0.1) is 0 Å². The molecule has 112 valence electrons. The van der Waals surface area contributed by atoms with Crippen molar-refractivity contribution in [3.63, 3.8) is 0 Å². The molecular weight excluding hydrogens is 272 g/mol. The van der Waals surface area contributed by atoms with Crippen molar-refractivity contribution in [3.8, 4) is 11.8 Å². The number of carboxylic acids is 1. The number of carboxylic acid groups (broad SMARTS) is 1. The highest BCUT2D eigenvalue weighted by Crippen LogP contribution is 2.11. The highest BCUT2D eigenvalue weighted by Gasteiger charge is 2.19. The molecule has 0 spiro atoms. The number of ether oxygens (including phenoxy) is 1. The predicted octanol–water partition coefficient (Wildman–Crippen LogP) is 1.55. The molecular formula is C15H18N2O4. The Balaban J connectivity index is 2.48. The van der Waals surface area contributed by atoms with Crippen LogP contribution in [0.4, 0.5) is 0 Å². The fourth-order valence-corrected chi connectivity index (χ4v) is 1.66. The van der Waals surface area contributed by atoms with Gasteiger partial charge in [-0.3, -0.25) is 9.59 Å². The van der Waals surface area contributed by atoms with Crippen molar-refractivity contribution in [2.75, 3.05) is 6.61 Å². The van der Waals surface area contributed by atoms with Crippen molar-refractivity contribution >= 4 is 11.9 Å². The van der Waals surface area contributed by atoms with Gasteiger partial charge in [-0.2, -0.15) is 5.26 Å². The number of carbonyl (C=O) groups excluding carboxylic acids is 1. The molecule has 2 N–H and O–H groups in total. The van der Waals surface area contributed by atoms with Crippen LogP contribution >= 0.6 is 0 Å². The van der Waals surface area contributed by atoms with E-state index in [9.17, 15) is 9.59 Å². The number of nitrogens with one attached hydrogen (secondary N) is 1. The highest BCUT2D eigenvalue weighted by molar-refractivity contribution is 5.78. The molecule has 0 aliphatic carbocycles. The minimum Gasteiger partial charge on any atom is -0.484 e. The van der Waals surface area contributed by atoms with E-state index in [1.54, 1.807) is 24.3 Å². The molecule has 1 aromatic rings. The minimum atomic E-state index is -0.956. The summed E-state index contributed by atoms with van der Waals surface area (Å²) in [6.07, 6.45) is -0.125. The Hall–Kier alpha value is -2.55. The number of hydrogen-bond donors (Lipinski definition) is 2. The van der Waals surface area contributed by atoms with E-state index in [1.165, 1.54) is 0 Å². The number of rotatable bonds is 7. The van der Waals surface area contributed by atoms with Crippen LogP contribution < -0.4 is 10.1 Å². The highest BCUT2D eigenvalue weighted by atomic mass is 16.5. The Labute approximate surface area is 123 Å². The zero-order valence-corrected chi connectivity index (χ0v) is 12.0. The number of aliphatic carboxylic acids is 1. The molecule has 6 nitrogen and oxygen atoms in total. The van der Waals surface area contributed by atoms with Gasteiger partial charge in [0.1, 0.15) is 5.75 Å².